The SMILES string of the molecule is CCCOC(=O)c1cc(OCCC)c(OCCC)cc1N. The second kappa shape index (κ2) is 9.10. The fourth-order valence-corrected chi connectivity index (χ4v) is 1.67. The van der Waals surface area contributed by atoms with Crippen LogP contribution in [0.25, 0.3) is 0 Å². The minimum atomic E-state index is -0.433. The maximum atomic E-state index is 12.0. The lowest BCUT2D eigenvalue weighted by atomic mass is 10.1. The molecule has 5 heteroatoms. The first kappa shape index (κ1) is 17.1. The number of nitrogens with two attached hydrogens (primary N) is 1. The molecular weight excluding hydrogens is 270 g/mol. The van der Waals surface area contributed by atoms with E-state index in [1.165, 1.54) is 0 Å². The van der Waals surface area contributed by atoms with Gasteiger partial charge in [-0.2, -0.15) is 0 Å². The predicted molar refractivity (Wildman–Crippen MR) is 83.0 cm³/mol. The van der Waals surface area contributed by atoms with Crippen molar-refractivity contribution in [1.29, 1.82) is 0 Å². The summed E-state index contributed by atoms with van der Waals surface area (Å²) < 4.78 is 16.4. The lowest BCUT2D eigenvalue weighted by molar-refractivity contribution is 0.0506. The number of carbonyl (C=O) groups is 1. The first-order chi connectivity index (χ1) is 10.1. The first-order valence-electron chi connectivity index (χ1n) is 7.50. The predicted octanol–water partition coefficient (Wildman–Crippen LogP) is 3.41. The number of nitrogen functional groups attached to an aromatic ring is 1. The van der Waals surface area contributed by atoms with Crippen LogP contribution in [0, 0.1) is 0 Å². The lowest BCUT2D eigenvalue weighted by Gasteiger charge is -2.15. The van der Waals surface area contributed by atoms with Gasteiger partial charge in [0.15, 0.2) is 11.5 Å². The number of carbonyl (C=O) groups excluding carboxylic acids is 1. The van der Waals surface area contributed by atoms with E-state index in [1.54, 1.807) is 12.1 Å². The Morgan fingerprint density at radius 1 is 0.952 bits per heavy atom. The van der Waals surface area contributed by atoms with Crippen molar-refractivity contribution in [1.82, 2.24) is 0 Å². The highest BCUT2D eigenvalue weighted by molar-refractivity contribution is 5.96. The molecule has 0 heterocycles. The first-order valence-corrected chi connectivity index (χ1v) is 7.50. The number of hydrogen-bond acceptors (Lipinski definition) is 5. The molecule has 0 bridgehead atoms. The third-order valence-corrected chi connectivity index (χ3v) is 2.70. The van der Waals surface area contributed by atoms with E-state index in [0.717, 1.165) is 19.3 Å². The van der Waals surface area contributed by atoms with Gasteiger partial charge in [-0.1, -0.05) is 20.8 Å². The highest BCUT2D eigenvalue weighted by Gasteiger charge is 2.17. The van der Waals surface area contributed by atoms with Crippen molar-refractivity contribution in [2.75, 3.05) is 25.6 Å². The largest absolute Gasteiger partial charge is 0.490 e. The fraction of sp³-hybridized carbons (Fsp3) is 0.562. The summed E-state index contributed by atoms with van der Waals surface area (Å²) in [6.45, 7) is 7.47. The maximum absolute atomic E-state index is 12.0. The molecule has 5 nitrogen and oxygen atoms in total. The summed E-state index contributed by atoms with van der Waals surface area (Å²) in [7, 11) is 0. The van der Waals surface area contributed by atoms with E-state index in [4.69, 9.17) is 19.9 Å². The summed E-state index contributed by atoms with van der Waals surface area (Å²) in [4.78, 5) is 12.0. The number of ether oxygens (including phenoxy) is 3. The van der Waals surface area contributed by atoms with Gasteiger partial charge in [0.2, 0.25) is 0 Å². The average Bonchev–Trinajstić information content (AvgIpc) is 2.49. The van der Waals surface area contributed by atoms with Crippen LogP contribution in [0.2, 0.25) is 0 Å². The van der Waals surface area contributed by atoms with Crippen molar-refractivity contribution in [3.8, 4) is 11.5 Å². The third kappa shape index (κ3) is 5.17. The molecule has 21 heavy (non-hydrogen) atoms. The molecular formula is C16H25NO4. The van der Waals surface area contributed by atoms with E-state index < -0.39 is 5.97 Å². The van der Waals surface area contributed by atoms with Crippen LogP contribution < -0.4 is 15.2 Å². The van der Waals surface area contributed by atoms with E-state index in [9.17, 15) is 4.79 Å². The Hall–Kier alpha value is -1.91. The molecule has 2 N–H and O–H groups in total. The molecule has 0 unspecified atom stereocenters. The van der Waals surface area contributed by atoms with Gasteiger partial charge in [0, 0.05) is 12.1 Å². The molecule has 0 saturated carbocycles. The zero-order valence-corrected chi connectivity index (χ0v) is 13.1. The molecule has 1 aromatic rings. The highest BCUT2D eigenvalue weighted by atomic mass is 16.5. The van der Waals surface area contributed by atoms with Gasteiger partial charge in [0.05, 0.1) is 31.1 Å². The molecule has 0 radical (unpaired) electrons. The Balaban J connectivity index is 3.01. The molecule has 0 aliphatic carbocycles. The number of anilines is 1. The van der Waals surface area contributed by atoms with Crippen molar-refractivity contribution < 1.29 is 19.0 Å². The molecule has 0 atom stereocenters. The minimum absolute atomic E-state index is 0.318. The van der Waals surface area contributed by atoms with Gasteiger partial charge in [0.25, 0.3) is 0 Å². The molecule has 0 saturated heterocycles. The Labute approximate surface area is 126 Å². The summed E-state index contributed by atoms with van der Waals surface area (Å²) in [5, 5.41) is 0. The Kier molecular flexibility index (Phi) is 7.43. The van der Waals surface area contributed by atoms with Crippen molar-refractivity contribution in [2.45, 2.75) is 40.0 Å². The number of esters is 1. The number of benzene rings is 1. The number of rotatable bonds is 9. The standard InChI is InChI=1S/C16H25NO4/c1-4-7-19-14-10-12(16(18)21-9-6-3)13(17)11-15(14)20-8-5-2/h10-11H,4-9,17H2,1-3H3. The Bertz CT molecular complexity index is 460. The fourth-order valence-electron chi connectivity index (χ4n) is 1.67. The monoisotopic (exact) mass is 295 g/mol. The van der Waals surface area contributed by atoms with Crippen LogP contribution in [0.4, 0.5) is 5.69 Å². The van der Waals surface area contributed by atoms with Gasteiger partial charge in [-0.05, 0) is 19.3 Å². The molecule has 0 spiro atoms. The molecule has 0 aliphatic rings. The van der Waals surface area contributed by atoms with E-state index in [1.807, 2.05) is 20.8 Å². The lowest BCUT2D eigenvalue weighted by Crippen LogP contribution is -2.11. The summed E-state index contributed by atoms with van der Waals surface area (Å²) in [6.07, 6.45) is 2.52. The van der Waals surface area contributed by atoms with Gasteiger partial charge >= 0.3 is 5.97 Å². The highest BCUT2D eigenvalue weighted by Crippen LogP contribution is 2.33. The average molecular weight is 295 g/mol. The topological polar surface area (TPSA) is 70.8 Å². The third-order valence-electron chi connectivity index (χ3n) is 2.70. The van der Waals surface area contributed by atoms with Crippen LogP contribution in [0.3, 0.4) is 0 Å². The molecule has 0 aromatic heterocycles. The second-order valence-electron chi connectivity index (χ2n) is 4.72. The van der Waals surface area contributed by atoms with Crippen LogP contribution in [0.15, 0.2) is 12.1 Å². The molecule has 0 amide bonds. The summed E-state index contributed by atoms with van der Waals surface area (Å²) in [5.74, 6) is 0.663. The summed E-state index contributed by atoms with van der Waals surface area (Å²) in [5.41, 5.74) is 6.58. The summed E-state index contributed by atoms with van der Waals surface area (Å²) >= 11 is 0. The van der Waals surface area contributed by atoms with E-state index in [-0.39, 0.29) is 0 Å². The molecule has 1 rings (SSSR count). The van der Waals surface area contributed by atoms with Crippen molar-refractivity contribution in [2.24, 2.45) is 0 Å². The van der Waals surface area contributed by atoms with Crippen LogP contribution in [0.5, 0.6) is 11.5 Å². The Morgan fingerprint density at radius 3 is 2.00 bits per heavy atom. The van der Waals surface area contributed by atoms with E-state index >= 15 is 0 Å². The molecule has 0 aliphatic heterocycles. The number of hydrogen-bond donors (Lipinski definition) is 1. The molecule has 1 aromatic carbocycles. The van der Waals surface area contributed by atoms with Gasteiger partial charge in [0.1, 0.15) is 0 Å². The summed E-state index contributed by atoms with van der Waals surface area (Å²) in [6, 6.07) is 3.23. The maximum Gasteiger partial charge on any atom is 0.340 e. The van der Waals surface area contributed by atoms with Crippen molar-refractivity contribution in [3.05, 3.63) is 17.7 Å². The van der Waals surface area contributed by atoms with Crippen LogP contribution >= 0.6 is 0 Å². The van der Waals surface area contributed by atoms with Gasteiger partial charge in [-0.15, -0.1) is 0 Å². The normalized spacial score (nSPS) is 10.2. The zero-order chi connectivity index (χ0) is 15.7. The molecule has 118 valence electrons. The van der Waals surface area contributed by atoms with Gasteiger partial charge < -0.3 is 19.9 Å². The van der Waals surface area contributed by atoms with Crippen LogP contribution in [0.1, 0.15) is 50.4 Å². The van der Waals surface area contributed by atoms with Crippen LogP contribution in [-0.2, 0) is 4.74 Å². The van der Waals surface area contributed by atoms with E-state index in [0.29, 0.717) is 42.6 Å². The van der Waals surface area contributed by atoms with Gasteiger partial charge in [-0.25, -0.2) is 4.79 Å². The van der Waals surface area contributed by atoms with Crippen molar-refractivity contribution in [3.63, 3.8) is 0 Å². The minimum Gasteiger partial charge on any atom is -0.490 e. The second-order valence-corrected chi connectivity index (χ2v) is 4.72. The zero-order valence-electron chi connectivity index (χ0n) is 13.1. The van der Waals surface area contributed by atoms with E-state index in [2.05, 4.69) is 0 Å². The molecule has 0 fully saturated rings. The smallest absolute Gasteiger partial charge is 0.340 e. The van der Waals surface area contributed by atoms with Crippen LogP contribution in [-0.4, -0.2) is 25.8 Å². The van der Waals surface area contributed by atoms with Crippen molar-refractivity contribution >= 4 is 11.7 Å². The quantitative estimate of drug-likeness (QED) is 0.558. The van der Waals surface area contributed by atoms with Gasteiger partial charge in [-0.3, -0.25) is 0 Å². The Morgan fingerprint density at radius 2 is 1.48 bits per heavy atom.